The van der Waals surface area contributed by atoms with Gasteiger partial charge in [-0.25, -0.2) is 4.98 Å². The fraction of sp³-hybridized carbons (Fsp3) is 0.214. The van der Waals surface area contributed by atoms with Gasteiger partial charge in [0.05, 0.1) is 5.56 Å². The zero-order valence-corrected chi connectivity index (χ0v) is 12.1. The van der Waals surface area contributed by atoms with E-state index in [2.05, 4.69) is 15.2 Å². The van der Waals surface area contributed by atoms with Crippen molar-refractivity contribution in [1.29, 1.82) is 0 Å². The summed E-state index contributed by atoms with van der Waals surface area (Å²) in [6, 6.07) is 7.89. The van der Waals surface area contributed by atoms with Crippen molar-refractivity contribution in [3.63, 3.8) is 0 Å². The highest BCUT2D eigenvalue weighted by Crippen LogP contribution is 2.31. The summed E-state index contributed by atoms with van der Waals surface area (Å²) in [5.41, 5.74) is 1.00. The second-order valence-electron chi connectivity index (χ2n) is 4.34. The first-order chi connectivity index (χ1) is 9.75. The van der Waals surface area contributed by atoms with Gasteiger partial charge in [0.15, 0.2) is 5.82 Å². The molecule has 6 heteroatoms. The van der Waals surface area contributed by atoms with Crippen molar-refractivity contribution in [2.24, 2.45) is 7.05 Å². The smallest absolute Gasteiger partial charge is 0.170 e. The maximum Gasteiger partial charge on any atom is 0.170 e. The van der Waals surface area contributed by atoms with Gasteiger partial charge in [0.2, 0.25) is 0 Å². The Morgan fingerprint density at radius 2 is 2.10 bits per heavy atom. The molecular formula is C14H14N4OS. The van der Waals surface area contributed by atoms with Crippen molar-refractivity contribution in [1.82, 2.24) is 19.7 Å². The van der Waals surface area contributed by atoms with Gasteiger partial charge in [0.25, 0.3) is 0 Å². The molecule has 2 heterocycles. The van der Waals surface area contributed by atoms with Crippen molar-refractivity contribution >= 4 is 11.3 Å². The lowest BCUT2D eigenvalue weighted by atomic mass is 10.2. The number of thiazole rings is 1. The predicted octanol–water partition coefficient (Wildman–Crippen LogP) is 2.83. The van der Waals surface area contributed by atoms with Crippen molar-refractivity contribution in [3.05, 3.63) is 47.5 Å². The fourth-order valence-electron chi connectivity index (χ4n) is 1.84. The lowest BCUT2D eigenvalue weighted by molar-refractivity contribution is 0.292. The van der Waals surface area contributed by atoms with E-state index in [1.807, 2.05) is 48.2 Å². The van der Waals surface area contributed by atoms with E-state index in [0.717, 1.165) is 28.0 Å². The molecule has 2 aromatic heterocycles. The summed E-state index contributed by atoms with van der Waals surface area (Å²) in [6.45, 7) is 2.31. The van der Waals surface area contributed by atoms with E-state index in [1.165, 1.54) is 0 Å². The van der Waals surface area contributed by atoms with Crippen molar-refractivity contribution < 1.29 is 4.74 Å². The molecule has 0 radical (unpaired) electrons. The molecule has 1 aromatic carbocycles. The van der Waals surface area contributed by atoms with Crippen LogP contribution in [0.3, 0.4) is 0 Å². The van der Waals surface area contributed by atoms with E-state index in [0.29, 0.717) is 6.61 Å². The van der Waals surface area contributed by atoms with Crippen molar-refractivity contribution in [3.8, 4) is 16.3 Å². The van der Waals surface area contributed by atoms with Crippen molar-refractivity contribution in [2.45, 2.75) is 13.5 Å². The zero-order chi connectivity index (χ0) is 13.9. The number of benzene rings is 1. The van der Waals surface area contributed by atoms with Crippen LogP contribution in [0.1, 0.15) is 11.6 Å². The number of aryl methyl sites for hydroxylation is 1. The predicted molar refractivity (Wildman–Crippen MR) is 77.6 cm³/mol. The van der Waals surface area contributed by atoms with Crippen LogP contribution in [0.25, 0.3) is 10.6 Å². The first kappa shape index (κ1) is 12.8. The highest BCUT2D eigenvalue weighted by Gasteiger charge is 2.10. The molecule has 0 aliphatic heterocycles. The number of nitrogens with zero attached hydrogens (tertiary/aromatic N) is 4. The molecule has 20 heavy (non-hydrogen) atoms. The first-order valence-electron chi connectivity index (χ1n) is 6.22. The lowest BCUT2D eigenvalue weighted by Gasteiger charge is -2.09. The highest BCUT2D eigenvalue weighted by atomic mass is 32.1. The van der Waals surface area contributed by atoms with E-state index in [9.17, 15) is 0 Å². The van der Waals surface area contributed by atoms with Crippen LogP contribution in [0, 0.1) is 6.92 Å². The molecule has 3 rings (SSSR count). The van der Waals surface area contributed by atoms with E-state index >= 15 is 0 Å². The Morgan fingerprint density at radius 1 is 1.25 bits per heavy atom. The average Bonchev–Trinajstić information content (AvgIpc) is 3.10. The van der Waals surface area contributed by atoms with Gasteiger partial charge < -0.3 is 9.30 Å². The molecule has 0 bridgehead atoms. The lowest BCUT2D eigenvalue weighted by Crippen LogP contribution is -2.05. The van der Waals surface area contributed by atoms with E-state index in [4.69, 9.17) is 4.74 Å². The van der Waals surface area contributed by atoms with Gasteiger partial charge in [-0.15, -0.1) is 21.5 Å². The number of hydrogen-bond acceptors (Lipinski definition) is 5. The third kappa shape index (κ3) is 2.42. The Bertz CT molecular complexity index is 706. The van der Waals surface area contributed by atoms with Crippen LogP contribution < -0.4 is 4.74 Å². The highest BCUT2D eigenvalue weighted by molar-refractivity contribution is 7.13. The molecular weight excluding hydrogens is 272 g/mol. The van der Waals surface area contributed by atoms with Gasteiger partial charge in [-0.2, -0.15) is 0 Å². The molecule has 0 saturated carbocycles. The summed E-state index contributed by atoms with van der Waals surface area (Å²) >= 11 is 1.59. The molecule has 0 aliphatic rings. The standard InChI is InChI=1S/C14H14N4OS/c1-10-16-17-13(18(10)2)9-19-12-6-4-3-5-11(12)14-15-7-8-20-14/h3-8H,9H2,1-2H3. The van der Waals surface area contributed by atoms with Crippen LogP contribution >= 0.6 is 11.3 Å². The second kappa shape index (κ2) is 5.42. The van der Waals surface area contributed by atoms with Crippen LogP contribution in [-0.4, -0.2) is 19.7 Å². The van der Waals surface area contributed by atoms with Crippen LogP contribution in [0.5, 0.6) is 5.75 Å². The number of hydrogen-bond donors (Lipinski definition) is 0. The number of rotatable bonds is 4. The maximum absolute atomic E-state index is 5.88. The van der Waals surface area contributed by atoms with Gasteiger partial charge in [0, 0.05) is 18.6 Å². The average molecular weight is 286 g/mol. The number of para-hydroxylation sites is 1. The number of aromatic nitrogens is 4. The molecule has 0 spiro atoms. The third-order valence-electron chi connectivity index (χ3n) is 3.09. The monoisotopic (exact) mass is 286 g/mol. The second-order valence-corrected chi connectivity index (χ2v) is 5.24. The minimum Gasteiger partial charge on any atom is -0.485 e. The molecule has 0 N–H and O–H groups in total. The minimum absolute atomic E-state index is 0.389. The molecule has 3 aromatic rings. The molecule has 0 unspecified atom stereocenters. The summed E-state index contributed by atoms with van der Waals surface area (Å²) in [6.07, 6.45) is 1.79. The zero-order valence-electron chi connectivity index (χ0n) is 11.3. The largest absolute Gasteiger partial charge is 0.485 e. The van der Waals surface area contributed by atoms with E-state index < -0.39 is 0 Å². The van der Waals surface area contributed by atoms with Crippen molar-refractivity contribution in [2.75, 3.05) is 0 Å². The third-order valence-corrected chi connectivity index (χ3v) is 3.90. The first-order valence-corrected chi connectivity index (χ1v) is 7.10. The van der Waals surface area contributed by atoms with Gasteiger partial charge in [-0.1, -0.05) is 12.1 Å². The van der Waals surface area contributed by atoms with Crippen LogP contribution in [-0.2, 0) is 13.7 Å². The van der Waals surface area contributed by atoms with Gasteiger partial charge in [0.1, 0.15) is 23.2 Å². The summed E-state index contributed by atoms with van der Waals surface area (Å²) in [5, 5.41) is 11.0. The summed E-state index contributed by atoms with van der Waals surface area (Å²) in [5.74, 6) is 2.48. The van der Waals surface area contributed by atoms with Crippen LogP contribution in [0.4, 0.5) is 0 Å². The molecule has 0 fully saturated rings. The van der Waals surface area contributed by atoms with Crippen LogP contribution in [0.15, 0.2) is 35.8 Å². The van der Waals surface area contributed by atoms with E-state index in [1.54, 1.807) is 17.5 Å². The maximum atomic E-state index is 5.88. The molecule has 0 atom stereocenters. The van der Waals surface area contributed by atoms with Gasteiger partial charge in [-0.05, 0) is 19.1 Å². The van der Waals surface area contributed by atoms with Crippen LogP contribution in [0.2, 0.25) is 0 Å². The quantitative estimate of drug-likeness (QED) is 0.740. The Labute approximate surface area is 120 Å². The number of ether oxygens (including phenoxy) is 1. The SMILES string of the molecule is Cc1nnc(COc2ccccc2-c2nccs2)n1C. The topological polar surface area (TPSA) is 52.8 Å². The Kier molecular flexibility index (Phi) is 3.47. The van der Waals surface area contributed by atoms with Gasteiger partial charge in [-0.3, -0.25) is 0 Å². The van der Waals surface area contributed by atoms with Gasteiger partial charge >= 0.3 is 0 Å². The Hall–Kier alpha value is -2.21. The minimum atomic E-state index is 0.389. The molecule has 5 nitrogen and oxygen atoms in total. The summed E-state index contributed by atoms with van der Waals surface area (Å²) in [4.78, 5) is 4.33. The normalized spacial score (nSPS) is 10.7. The summed E-state index contributed by atoms with van der Waals surface area (Å²) < 4.78 is 7.81. The summed E-state index contributed by atoms with van der Waals surface area (Å²) in [7, 11) is 1.93. The fourth-order valence-corrected chi connectivity index (χ4v) is 2.51. The molecule has 0 aliphatic carbocycles. The molecule has 0 saturated heterocycles. The van der Waals surface area contributed by atoms with E-state index in [-0.39, 0.29) is 0 Å². The molecule has 0 amide bonds. The molecule has 102 valence electrons. The Balaban J connectivity index is 1.83. The Morgan fingerprint density at radius 3 is 2.80 bits per heavy atom.